The highest BCUT2D eigenvalue weighted by molar-refractivity contribution is 7.17. The third-order valence-corrected chi connectivity index (χ3v) is 7.01. The van der Waals surface area contributed by atoms with Crippen LogP contribution in [0.4, 0.5) is 0 Å². The number of aromatic nitrogens is 1. The number of carbonyl (C=O) groups excluding carboxylic acids is 2. The average Bonchev–Trinajstić information content (AvgIpc) is 3.24. The first-order valence-corrected chi connectivity index (χ1v) is 11.6. The predicted octanol–water partition coefficient (Wildman–Crippen LogP) is 4.39. The molecule has 1 aliphatic heterocycles. The molecule has 0 saturated carbocycles. The van der Waals surface area contributed by atoms with Crippen molar-refractivity contribution >= 4 is 34.8 Å². The molecule has 0 atom stereocenters. The van der Waals surface area contributed by atoms with Crippen molar-refractivity contribution in [2.75, 3.05) is 40.4 Å². The molecule has 1 fully saturated rings. The zero-order valence-corrected chi connectivity index (χ0v) is 20.2. The Kier molecular flexibility index (Phi) is 6.85. The highest BCUT2D eigenvalue weighted by Crippen LogP contribution is 2.35. The maximum absolute atomic E-state index is 13.2. The molecule has 0 radical (unpaired) electrons. The third kappa shape index (κ3) is 4.82. The number of thiazole rings is 1. The van der Waals surface area contributed by atoms with Gasteiger partial charge in [0, 0.05) is 42.3 Å². The second-order valence-electron chi connectivity index (χ2n) is 7.59. The maximum Gasteiger partial charge on any atom is 0.265 e. The first-order chi connectivity index (χ1) is 15.9. The Balaban J connectivity index is 1.45. The molecule has 0 N–H and O–H groups in total. The molecule has 7 nitrogen and oxygen atoms in total. The predicted molar refractivity (Wildman–Crippen MR) is 129 cm³/mol. The van der Waals surface area contributed by atoms with Gasteiger partial charge < -0.3 is 19.3 Å². The molecule has 0 bridgehead atoms. The van der Waals surface area contributed by atoms with Crippen LogP contribution in [0.1, 0.15) is 25.7 Å². The number of amides is 2. The summed E-state index contributed by atoms with van der Waals surface area (Å²) in [6.07, 6.45) is 0. The van der Waals surface area contributed by atoms with Crippen LogP contribution in [0.2, 0.25) is 5.02 Å². The Morgan fingerprint density at radius 3 is 2.12 bits per heavy atom. The minimum atomic E-state index is -0.0599. The Morgan fingerprint density at radius 2 is 1.52 bits per heavy atom. The van der Waals surface area contributed by atoms with E-state index in [-0.39, 0.29) is 11.8 Å². The van der Waals surface area contributed by atoms with Crippen molar-refractivity contribution in [1.29, 1.82) is 0 Å². The number of methoxy groups -OCH3 is 2. The number of rotatable bonds is 5. The summed E-state index contributed by atoms with van der Waals surface area (Å²) in [6, 6.07) is 12.4. The van der Waals surface area contributed by atoms with Crippen molar-refractivity contribution in [3.8, 4) is 22.1 Å². The Bertz CT molecular complexity index is 1170. The molecule has 172 valence electrons. The second-order valence-corrected chi connectivity index (χ2v) is 9.03. The lowest BCUT2D eigenvalue weighted by molar-refractivity contribution is 0.0537. The van der Waals surface area contributed by atoms with Gasteiger partial charge in [0.15, 0.2) is 11.5 Å². The molecule has 2 aromatic carbocycles. The van der Waals surface area contributed by atoms with Crippen LogP contribution in [-0.4, -0.2) is 67.0 Å². The Hall–Kier alpha value is -3.10. The first kappa shape index (κ1) is 23.1. The lowest BCUT2D eigenvalue weighted by Crippen LogP contribution is -2.50. The van der Waals surface area contributed by atoms with Gasteiger partial charge in [0.2, 0.25) is 0 Å². The van der Waals surface area contributed by atoms with Gasteiger partial charge in [-0.05, 0) is 49.4 Å². The lowest BCUT2D eigenvalue weighted by atomic mass is 10.2. The van der Waals surface area contributed by atoms with Crippen molar-refractivity contribution in [3.63, 3.8) is 0 Å². The van der Waals surface area contributed by atoms with Crippen LogP contribution in [0.25, 0.3) is 10.6 Å². The summed E-state index contributed by atoms with van der Waals surface area (Å²) in [6.45, 7) is 3.75. The number of hydrogen-bond acceptors (Lipinski definition) is 6. The molecular formula is C24H24ClN3O4S. The van der Waals surface area contributed by atoms with E-state index in [4.69, 9.17) is 21.1 Å². The van der Waals surface area contributed by atoms with Crippen molar-refractivity contribution < 1.29 is 19.1 Å². The number of aryl methyl sites for hydroxylation is 1. The fraction of sp³-hybridized carbons (Fsp3) is 0.292. The third-order valence-electron chi connectivity index (χ3n) is 5.57. The number of nitrogens with zero attached hydrogens (tertiary/aromatic N) is 3. The fourth-order valence-corrected chi connectivity index (χ4v) is 4.88. The Labute approximate surface area is 201 Å². The van der Waals surface area contributed by atoms with E-state index in [1.165, 1.54) is 11.3 Å². The van der Waals surface area contributed by atoms with E-state index in [0.29, 0.717) is 58.8 Å². The van der Waals surface area contributed by atoms with Gasteiger partial charge in [-0.25, -0.2) is 4.98 Å². The van der Waals surface area contributed by atoms with Crippen LogP contribution >= 0.6 is 22.9 Å². The van der Waals surface area contributed by atoms with Gasteiger partial charge in [0.05, 0.1) is 19.9 Å². The van der Waals surface area contributed by atoms with Crippen LogP contribution in [0.5, 0.6) is 11.5 Å². The molecule has 1 aliphatic rings. The molecule has 2 heterocycles. The standard InChI is InChI=1S/C24H24ClN3O4S/c1-15-21(33-22(26-15)17-6-9-19(31-2)20(14-17)32-3)24(30)28-12-10-27(11-13-28)23(29)16-4-7-18(25)8-5-16/h4-9,14H,10-13H2,1-3H3. The first-order valence-electron chi connectivity index (χ1n) is 10.4. The normalized spacial score (nSPS) is 13.7. The molecular weight excluding hydrogens is 462 g/mol. The number of hydrogen-bond donors (Lipinski definition) is 0. The smallest absolute Gasteiger partial charge is 0.265 e. The van der Waals surface area contributed by atoms with E-state index >= 15 is 0 Å². The van der Waals surface area contributed by atoms with Gasteiger partial charge in [-0.2, -0.15) is 0 Å². The summed E-state index contributed by atoms with van der Waals surface area (Å²) in [4.78, 5) is 34.7. The van der Waals surface area contributed by atoms with Crippen LogP contribution in [-0.2, 0) is 0 Å². The van der Waals surface area contributed by atoms with E-state index in [0.717, 1.165) is 10.6 Å². The number of carbonyl (C=O) groups is 2. The average molecular weight is 486 g/mol. The summed E-state index contributed by atoms with van der Waals surface area (Å²) < 4.78 is 10.7. The molecule has 33 heavy (non-hydrogen) atoms. The number of benzene rings is 2. The SMILES string of the molecule is COc1ccc(-c2nc(C)c(C(=O)N3CCN(C(=O)c4ccc(Cl)cc4)CC3)s2)cc1OC. The topological polar surface area (TPSA) is 72.0 Å². The fourth-order valence-electron chi connectivity index (χ4n) is 3.72. The molecule has 0 unspecified atom stereocenters. The lowest BCUT2D eigenvalue weighted by Gasteiger charge is -2.34. The van der Waals surface area contributed by atoms with Gasteiger partial charge in [-0.1, -0.05) is 11.6 Å². The van der Waals surface area contributed by atoms with E-state index < -0.39 is 0 Å². The van der Waals surface area contributed by atoms with Gasteiger partial charge in [-0.3, -0.25) is 9.59 Å². The quantitative estimate of drug-likeness (QED) is 0.536. The van der Waals surface area contributed by atoms with Crippen LogP contribution < -0.4 is 9.47 Å². The molecule has 4 rings (SSSR count). The molecule has 2 amide bonds. The largest absolute Gasteiger partial charge is 0.493 e. The minimum absolute atomic E-state index is 0.0523. The van der Waals surface area contributed by atoms with Crippen molar-refractivity contribution in [1.82, 2.24) is 14.8 Å². The Morgan fingerprint density at radius 1 is 0.909 bits per heavy atom. The van der Waals surface area contributed by atoms with E-state index in [9.17, 15) is 9.59 Å². The highest BCUT2D eigenvalue weighted by Gasteiger charge is 2.28. The summed E-state index contributed by atoms with van der Waals surface area (Å²) >= 11 is 7.27. The molecule has 0 spiro atoms. The van der Waals surface area contributed by atoms with Crippen LogP contribution in [0.3, 0.4) is 0 Å². The van der Waals surface area contributed by atoms with Crippen LogP contribution in [0, 0.1) is 6.92 Å². The van der Waals surface area contributed by atoms with Gasteiger partial charge in [-0.15, -0.1) is 11.3 Å². The summed E-state index contributed by atoms with van der Waals surface area (Å²) in [5.41, 5.74) is 2.14. The van der Waals surface area contributed by atoms with Gasteiger partial charge in [0.1, 0.15) is 9.88 Å². The summed E-state index contributed by atoms with van der Waals surface area (Å²) in [5, 5.41) is 1.34. The zero-order valence-electron chi connectivity index (χ0n) is 18.6. The van der Waals surface area contributed by atoms with E-state index in [1.807, 2.05) is 25.1 Å². The maximum atomic E-state index is 13.2. The highest BCUT2D eigenvalue weighted by atomic mass is 35.5. The molecule has 9 heteroatoms. The summed E-state index contributed by atoms with van der Waals surface area (Å²) in [5.74, 6) is 1.13. The second kappa shape index (κ2) is 9.80. The molecule has 3 aromatic rings. The van der Waals surface area contributed by atoms with Crippen LogP contribution in [0.15, 0.2) is 42.5 Å². The summed E-state index contributed by atoms with van der Waals surface area (Å²) in [7, 11) is 3.17. The molecule has 0 aliphatic carbocycles. The van der Waals surface area contributed by atoms with Crippen molar-refractivity contribution in [2.24, 2.45) is 0 Å². The number of halogens is 1. The zero-order chi connectivity index (χ0) is 23.5. The monoisotopic (exact) mass is 485 g/mol. The van der Waals surface area contributed by atoms with Gasteiger partial charge in [0.25, 0.3) is 11.8 Å². The molecule has 1 aromatic heterocycles. The number of piperazine rings is 1. The van der Waals surface area contributed by atoms with Crippen molar-refractivity contribution in [2.45, 2.75) is 6.92 Å². The van der Waals surface area contributed by atoms with E-state index in [2.05, 4.69) is 4.98 Å². The van der Waals surface area contributed by atoms with Gasteiger partial charge >= 0.3 is 0 Å². The number of ether oxygens (including phenoxy) is 2. The van der Waals surface area contributed by atoms with Crippen molar-refractivity contribution in [3.05, 3.63) is 63.6 Å². The van der Waals surface area contributed by atoms with E-state index in [1.54, 1.807) is 48.3 Å². The minimum Gasteiger partial charge on any atom is -0.493 e. The molecule has 1 saturated heterocycles.